The zero-order valence-electron chi connectivity index (χ0n) is 13.8. The molecule has 1 heterocycles. The fraction of sp³-hybridized carbons (Fsp3) is 0.556. The van der Waals surface area contributed by atoms with Gasteiger partial charge < -0.3 is 15.0 Å². The Bertz CT molecular complexity index is 665. The van der Waals surface area contributed by atoms with Crippen molar-refractivity contribution >= 4 is 23.3 Å². The van der Waals surface area contributed by atoms with Crippen LogP contribution in [0.4, 0.5) is 4.39 Å². The topological polar surface area (TPSA) is 37.2 Å². The molecule has 0 bridgehead atoms. The predicted octanol–water partition coefficient (Wildman–Crippen LogP) is 3.71. The molecule has 2 aromatic rings. The molecule has 0 aliphatic heterocycles. The number of aromatic nitrogens is 1. The second kappa shape index (κ2) is 7.65. The van der Waals surface area contributed by atoms with E-state index >= 15 is 0 Å². The molecule has 1 aromatic heterocycles. The Morgan fingerprint density at radius 3 is 2.70 bits per heavy atom. The minimum absolute atomic E-state index is 0. The van der Waals surface area contributed by atoms with Crippen LogP contribution in [-0.4, -0.2) is 28.4 Å². The Kier molecular flexibility index (Phi) is 6.06. The van der Waals surface area contributed by atoms with Gasteiger partial charge in [-0.05, 0) is 50.5 Å². The van der Waals surface area contributed by atoms with E-state index in [2.05, 4.69) is 9.88 Å². The summed E-state index contributed by atoms with van der Waals surface area (Å²) in [6.45, 7) is 5.20. The average molecular weight is 341 g/mol. The number of hydrogen-bond acceptors (Lipinski definition) is 2. The summed E-state index contributed by atoms with van der Waals surface area (Å²) < 4.78 is 15.5. The van der Waals surface area contributed by atoms with Crippen LogP contribution in [0.15, 0.2) is 18.2 Å². The Hall–Kier alpha value is -1.10. The number of rotatable bonds is 5. The first-order valence-corrected chi connectivity index (χ1v) is 8.22. The van der Waals surface area contributed by atoms with Crippen LogP contribution in [0.3, 0.4) is 0 Å². The maximum absolute atomic E-state index is 13.4. The molecule has 23 heavy (non-hydrogen) atoms. The van der Waals surface area contributed by atoms with E-state index in [1.54, 1.807) is 6.07 Å². The molecular weight excluding hydrogens is 315 g/mol. The molecule has 0 amide bonds. The molecule has 0 radical (unpaired) electrons. The number of aliphatic hydroxyl groups excluding tert-OH is 1. The lowest BCUT2D eigenvalue weighted by atomic mass is 10.1. The lowest BCUT2D eigenvalue weighted by Crippen LogP contribution is -2.36. The molecule has 3 rings (SSSR count). The minimum atomic E-state index is -0.431. The highest BCUT2D eigenvalue weighted by Crippen LogP contribution is 2.26. The van der Waals surface area contributed by atoms with Gasteiger partial charge in [-0.2, -0.15) is 0 Å². The van der Waals surface area contributed by atoms with Gasteiger partial charge in [0.2, 0.25) is 0 Å². The van der Waals surface area contributed by atoms with E-state index in [9.17, 15) is 9.50 Å². The van der Waals surface area contributed by atoms with Gasteiger partial charge in [0, 0.05) is 29.2 Å². The van der Waals surface area contributed by atoms with Gasteiger partial charge in [0.25, 0.3) is 0 Å². The highest BCUT2D eigenvalue weighted by Gasteiger charge is 2.18. The largest absolute Gasteiger partial charge is 0.390 e. The number of halogens is 2. The van der Waals surface area contributed by atoms with Crippen LogP contribution in [0.5, 0.6) is 0 Å². The summed E-state index contributed by atoms with van der Waals surface area (Å²) in [5, 5.41) is 14.8. The predicted molar refractivity (Wildman–Crippen MR) is 94.9 cm³/mol. The van der Waals surface area contributed by atoms with Gasteiger partial charge in [-0.15, -0.1) is 12.4 Å². The fourth-order valence-electron chi connectivity index (χ4n) is 3.57. The zero-order chi connectivity index (χ0) is 15.7. The van der Waals surface area contributed by atoms with Crippen molar-refractivity contribution in [2.45, 2.75) is 58.2 Å². The van der Waals surface area contributed by atoms with Crippen LogP contribution in [0, 0.1) is 19.7 Å². The molecule has 1 atom stereocenters. The molecule has 3 nitrogen and oxygen atoms in total. The van der Waals surface area contributed by atoms with E-state index in [0.717, 1.165) is 22.2 Å². The second-order valence-corrected chi connectivity index (χ2v) is 6.53. The Labute approximate surface area is 143 Å². The van der Waals surface area contributed by atoms with E-state index in [0.29, 0.717) is 19.1 Å². The summed E-state index contributed by atoms with van der Waals surface area (Å²) in [7, 11) is 0. The summed E-state index contributed by atoms with van der Waals surface area (Å²) in [5.41, 5.74) is 3.18. The number of nitrogens with zero attached hydrogens (tertiary/aromatic N) is 1. The van der Waals surface area contributed by atoms with Crippen molar-refractivity contribution in [1.82, 2.24) is 9.88 Å². The van der Waals surface area contributed by atoms with Gasteiger partial charge in [-0.1, -0.05) is 12.8 Å². The fourth-order valence-corrected chi connectivity index (χ4v) is 3.57. The van der Waals surface area contributed by atoms with Crippen molar-refractivity contribution in [3.63, 3.8) is 0 Å². The molecule has 1 aliphatic rings. The first-order valence-electron chi connectivity index (χ1n) is 8.22. The molecule has 1 fully saturated rings. The van der Waals surface area contributed by atoms with Crippen LogP contribution >= 0.6 is 12.4 Å². The Morgan fingerprint density at radius 2 is 2.00 bits per heavy atom. The first-order chi connectivity index (χ1) is 10.6. The van der Waals surface area contributed by atoms with Crippen molar-refractivity contribution in [1.29, 1.82) is 0 Å². The molecule has 2 N–H and O–H groups in total. The second-order valence-electron chi connectivity index (χ2n) is 6.53. The van der Waals surface area contributed by atoms with Crippen molar-refractivity contribution in [3.8, 4) is 0 Å². The van der Waals surface area contributed by atoms with Crippen LogP contribution in [0.1, 0.15) is 36.9 Å². The molecule has 1 aliphatic carbocycles. The lowest BCUT2D eigenvalue weighted by molar-refractivity contribution is 0.148. The molecule has 5 heteroatoms. The number of aliphatic hydroxyl groups is 1. The van der Waals surface area contributed by atoms with Crippen molar-refractivity contribution < 1.29 is 9.50 Å². The highest BCUT2D eigenvalue weighted by atomic mass is 35.5. The monoisotopic (exact) mass is 340 g/mol. The normalized spacial score (nSPS) is 16.7. The molecule has 128 valence electrons. The lowest BCUT2D eigenvalue weighted by Gasteiger charge is -2.18. The summed E-state index contributed by atoms with van der Waals surface area (Å²) in [4.78, 5) is 0. The first kappa shape index (κ1) is 18.2. The smallest absolute Gasteiger partial charge is 0.123 e. The van der Waals surface area contributed by atoms with E-state index in [-0.39, 0.29) is 18.2 Å². The molecule has 1 unspecified atom stereocenters. The van der Waals surface area contributed by atoms with Crippen molar-refractivity contribution in [3.05, 3.63) is 35.3 Å². The quantitative estimate of drug-likeness (QED) is 0.870. The van der Waals surface area contributed by atoms with Crippen LogP contribution in [0.25, 0.3) is 10.9 Å². The number of benzene rings is 1. The number of hydrogen-bond donors (Lipinski definition) is 2. The minimum Gasteiger partial charge on any atom is -0.390 e. The number of nitrogens with one attached hydrogen (secondary N) is 1. The van der Waals surface area contributed by atoms with E-state index < -0.39 is 6.10 Å². The Balaban J connectivity index is 0.00000192. The maximum atomic E-state index is 13.4. The van der Waals surface area contributed by atoms with Gasteiger partial charge in [0.05, 0.1) is 12.6 Å². The van der Waals surface area contributed by atoms with Crippen LogP contribution in [0.2, 0.25) is 0 Å². The summed E-state index contributed by atoms with van der Waals surface area (Å²) in [5.74, 6) is -0.212. The van der Waals surface area contributed by atoms with E-state index in [4.69, 9.17) is 0 Å². The third-order valence-corrected chi connectivity index (χ3v) is 4.99. The van der Waals surface area contributed by atoms with Crippen LogP contribution in [-0.2, 0) is 6.54 Å². The number of fused-ring (bicyclic) bond motifs is 1. The number of aryl methyl sites for hydroxylation is 1. The molecular formula is C18H26ClFN2O. The third-order valence-electron chi connectivity index (χ3n) is 4.99. The van der Waals surface area contributed by atoms with Crippen LogP contribution < -0.4 is 5.32 Å². The van der Waals surface area contributed by atoms with Gasteiger partial charge >= 0.3 is 0 Å². The van der Waals surface area contributed by atoms with E-state index in [1.165, 1.54) is 31.7 Å². The molecule has 1 aromatic carbocycles. The summed E-state index contributed by atoms with van der Waals surface area (Å²) in [6.07, 6.45) is 4.59. The molecule has 0 spiro atoms. The van der Waals surface area contributed by atoms with Gasteiger partial charge in [0.15, 0.2) is 0 Å². The van der Waals surface area contributed by atoms with Gasteiger partial charge in [-0.25, -0.2) is 4.39 Å². The SMILES string of the molecule is Cc1c(C)n(CC(O)CNC2CCCC2)c2ccc(F)cc12.Cl. The summed E-state index contributed by atoms with van der Waals surface area (Å²) in [6, 6.07) is 5.44. The van der Waals surface area contributed by atoms with E-state index in [1.807, 2.05) is 19.9 Å². The molecule has 0 saturated heterocycles. The Morgan fingerprint density at radius 1 is 1.30 bits per heavy atom. The van der Waals surface area contributed by atoms with Gasteiger partial charge in [0.1, 0.15) is 5.82 Å². The highest BCUT2D eigenvalue weighted by molar-refractivity contribution is 5.85. The average Bonchev–Trinajstić information content (AvgIpc) is 3.09. The van der Waals surface area contributed by atoms with Crippen molar-refractivity contribution in [2.75, 3.05) is 6.54 Å². The maximum Gasteiger partial charge on any atom is 0.123 e. The summed E-state index contributed by atoms with van der Waals surface area (Å²) >= 11 is 0. The zero-order valence-corrected chi connectivity index (χ0v) is 14.6. The van der Waals surface area contributed by atoms with Crippen molar-refractivity contribution in [2.24, 2.45) is 0 Å². The third kappa shape index (κ3) is 3.87. The molecule has 1 saturated carbocycles. The standard InChI is InChI=1S/C18H25FN2O.ClH/c1-12-13(2)21(18-8-7-14(19)9-17(12)18)11-16(22)10-20-15-5-3-4-6-15;/h7-9,15-16,20,22H,3-6,10-11H2,1-2H3;1H. The van der Waals surface area contributed by atoms with Gasteiger partial charge in [-0.3, -0.25) is 0 Å².